The molecule has 0 spiro atoms. The van der Waals surface area contributed by atoms with E-state index in [0.717, 1.165) is 5.57 Å². The normalized spacial score (nSPS) is 12.3. The van der Waals surface area contributed by atoms with E-state index in [1.54, 1.807) is 26.8 Å². The minimum Gasteiger partial charge on any atom is -0.453 e. The Kier molecular flexibility index (Phi) is 7.27. The van der Waals surface area contributed by atoms with Crippen LogP contribution in [0.5, 0.6) is 0 Å². The molecule has 5 nitrogen and oxygen atoms in total. The fraction of sp³-hybridized carbons (Fsp3) is 0.667. The van der Waals surface area contributed by atoms with E-state index in [4.69, 9.17) is 9.47 Å². The molecule has 6 heteroatoms. The summed E-state index contributed by atoms with van der Waals surface area (Å²) in [5, 5.41) is 2.47. The number of alkyl carbamates (subject to hydrolysis) is 1. The predicted octanol–water partition coefficient (Wildman–Crippen LogP) is 2.78. The number of hydrogen-bond acceptors (Lipinski definition) is 4. The fourth-order valence-corrected chi connectivity index (χ4v) is 1.39. The van der Waals surface area contributed by atoms with Gasteiger partial charge in [-0.05, 0) is 57.2 Å². The minimum atomic E-state index is -0.820. The van der Waals surface area contributed by atoms with Crippen LogP contribution in [0.1, 0.15) is 34.6 Å². The molecule has 0 rings (SSSR count). The number of nitrogens with one attached hydrogen (secondary N) is 1. The van der Waals surface area contributed by atoms with Crippen molar-refractivity contribution in [3.63, 3.8) is 0 Å². The van der Waals surface area contributed by atoms with Gasteiger partial charge >= 0.3 is 12.1 Å². The molecule has 0 aliphatic carbocycles. The first-order valence-corrected chi connectivity index (χ1v) is 7.05. The van der Waals surface area contributed by atoms with E-state index in [9.17, 15) is 9.59 Å². The standard InChI is InChI=1S/C12H20INO4/c1-8(2)6-9(10(15)17-7-13)14-11(16)18-12(3,4)5/h6,9H,7H2,1-5H3,(H,14,16)/t9-/m0/s1. The largest absolute Gasteiger partial charge is 0.453 e. The maximum absolute atomic E-state index is 11.6. The first-order valence-electron chi connectivity index (χ1n) is 5.53. The average molecular weight is 369 g/mol. The second-order valence-corrected chi connectivity index (χ2v) is 5.56. The second-order valence-electron chi connectivity index (χ2n) is 4.94. The molecule has 1 amide bonds. The number of carbonyl (C=O) groups excluding carboxylic acids is 2. The number of hydrogen-bond donors (Lipinski definition) is 1. The van der Waals surface area contributed by atoms with Gasteiger partial charge in [0.15, 0.2) is 0 Å². The second kappa shape index (κ2) is 7.60. The van der Waals surface area contributed by atoms with Gasteiger partial charge in [-0.1, -0.05) is 11.6 Å². The van der Waals surface area contributed by atoms with Crippen LogP contribution in [0.15, 0.2) is 11.6 Å². The summed E-state index contributed by atoms with van der Waals surface area (Å²) in [7, 11) is 0. The molecule has 0 fully saturated rings. The first kappa shape index (κ1) is 17.2. The molecule has 0 unspecified atom stereocenters. The van der Waals surface area contributed by atoms with E-state index in [2.05, 4.69) is 5.32 Å². The third kappa shape index (κ3) is 8.32. The average Bonchev–Trinajstić information content (AvgIpc) is 2.13. The van der Waals surface area contributed by atoms with E-state index in [-0.39, 0.29) is 4.61 Å². The maximum atomic E-state index is 11.6. The lowest BCUT2D eigenvalue weighted by Crippen LogP contribution is -2.43. The van der Waals surface area contributed by atoms with Crippen LogP contribution >= 0.6 is 22.6 Å². The zero-order chi connectivity index (χ0) is 14.3. The summed E-state index contributed by atoms with van der Waals surface area (Å²) < 4.78 is 10.2. The van der Waals surface area contributed by atoms with E-state index in [1.165, 1.54) is 0 Å². The van der Waals surface area contributed by atoms with Crippen LogP contribution < -0.4 is 5.32 Å². The highest BCUT2D eigenvalue weighted by Crippen LogP contribution is 2.08. The van der Waals surface area contributed by atoms with Gasteiger partial charge in [-0.25, -0.2) is 9.59 Å². The molecule has 0 aromatic heterocycles. The molecule has 104 valence electrons. The van der Waals surface area contributed by atoms with Crippen LogP contribution in [0.25, 0.3) is 0 Å². The van der Waals surface area contributed by atoms with Gasteiger partial charge in [-0.3, -0.25) is 0 Å². The lowest BCUT2D eigenvalue weighted by molar-refractivity contribution is -0.142. The van der Waals surface area contributed by atoms with Crippen LogP contribution in [-0.4, -0.2) is 28.3 Å². The molecule has 0 aliphatic rings. The summed E-state index contributed by atoms with van der Waals surface area (Å²) in [5.74, 6) is -0.503. The molecule has 0 heterocycles. The highest BCUT2D eigenvalue weighted by Gasteiger charge is 2.23. The Balaban J connectivity index is 4.65. The summed E-state index contributed by atoms with van der Waals surface area (Å²) in [6.45, 7) is 8.94. The van der Waals surface area contributed by atoms with E-state index in [0.29, 0.717) is 0 Å². The number of allylic oxidation sites excluding steroid dienone is 1. The fourth-order valence-electron chi connectivity index (χ4n) is 1.08. The van der Waals surface area contributed by atoms with Gasteiger partial charge in [-0.2, -0.15) is 0 Å². The summed E-state index contributed by atoms with van der Waals surface area (Å²) in [6, 6.07) is -0.820. The van der Waals surface area contributed by atoms with E-state index < -0.39 is 23.7 Å². The number of carbonyl (C=O) groups is 2. The van der Waals surface area contributed by atoms with Gasteiger partial charge < -0.3 is 14.8 Å². The molecular weight excluding hydrogens is 349 g/mol. The number of alkyl halides is 1. The Labute approximate surface area is 121 Å². The SMILES string of the molecule is CC(C)=C[C@H](NC(=O)OC(C)(C)C)C(=O)OCI. The molecule has 0 aliphatic heterocycles. The number of ether oxygens (including phenoxy) is 2. The van der Waals surface area contributed by atoms with Crippen molar-refractivity contribution < 1.29 is 19.1 Å². The molecule has 0 saturated heterocycles. The van der Waals surface area contributed by atoms with Crippen molar-refractivity contribution in [1.29, 1.82) is 0 Å². The number of esters is 1. The predicted molar refractivity (Wildman–Crippen MR) is 77.6 cm³/mol. The molecule has 18 heavy (non-hydrogen) atoms. The van der Waals surface area contributed by atoms with Crippen LogP contribution in [-0.2, 0) is 14.3 Å². The Hall–Kier alpha value is -0.790. The zero-order valence-corrected chi connectivity index (χ0v) is 13.5. The third-order valence-electron chi connectivity index (χ3n) is 1.62. The quantitative estimate of drug-likeness (QED) is 0.358. The third-order valence-corrected chi connectivity index (χ3v) is 1.93. The molecule has 0 aromatic carbocycles. The first-order chi connectivity index (χ1) is 8.15. The summed E-state index contributed by atoms with van der Waals surface area (Å²) >= 11 is 1.92. The zero-order valence-electron chi connectivity index (χ0n) is 11.4. The number of amides is 1. The summed E-state index contributed by atoms with van der Waals surface area (Å²) in [5.41, 5.74) is 0.300. The lowest BCUT2D eigenvalue weighted by atomic mass is 10.2. The van der Waals surface area contributed by atoms with Crippen LogP contribution in [0.4, 0.5) is 4.79 Å². The molecule has 0 radical (unpaired) electrons. The molecule has 0 bridgehead atoms. The Morgan fingerprint density at radius 2 is 1.89 bits per heavy atom. The molecule has 1 atom stereocenters. The minimum absolute atomic E-state index is 0.236. The molecular formula is C12H20INO4. The van der Waals surface area contributed by atoms with Crippen LogP contribution in [0.2, 0.25) is 0 Å². The van der Waals surface area contributed by atoms with E-state index in [1.807, 2.05) is 36.4 Å². The Morgan fingerprint density at radius 1 is 1.33 bits per heavy atom. The van der Waals surface area contributed by atoms with Crippen molar-refractivity contribution in [3.05, 3.63) is 11.6 Å². The lowest BCUT2D eigenvalue weighted by Gasteiger charge is -2.21. The van der Waals surface area contributed by atoms with Gasteiger partial charge in [0.05, 0.1) is 0 Å². The van der Waals surface area contributed by atoms with Crippen molar-refractivity contribution in [2.45, 2.75) is 46.3 Å². The Morgan fingerprint density at radius 3 is 2.28 bits per heavy atom. The van der Waals surface area contributed by atoms with Crippen LogP contribution in [0, 0.1) is 0 Å². The smallest absolute Gasteiger partial charge is 0.408 e. The topological polar surface area (TPSA) is 64.6 Å². The van der Waals surface area contributed by atoms with Gasteiger partial charge in [0, 0.05) is 0 Å². The highest BCUT2D eigenvalue weighted by molar-refractivity contribution is 14.1. The highest BCUT2D eigenvalue weighted by atomic mass is 127. The van der Waals surface area contributed by atoms with E-state index >= 15 is 0 Å². The number of halogens is 1. The van der Waals surface area contributed by atoms with Gasteiger partial charge in [0.25, 0.3) is 0 Å². The van der Waals surface area contributed by atoms with Crippen molar-refractivity contribution >= 4 is 34.7 Å². The van der Waals surface area contributed by atoms with Crippen molar-refractivity contribution in [2.24, 2.45) is 0 Å². The van der Waals surface area contributed by atoms with Crippen molar-refractivity contribution in [1.82, 2.24) is 5.32 Å². The Bertz CT molecular complexity index is 329. The van der Waals surface area contributed by atoms with Gasteiger partial charge in [-0.15, -0.1) is 0 Å². The summed E-state index contributed by atoms with van der Waals surface area (Å²) in [4.78, 5) is 23.2. The maximum Gasteiger partial charge on any atom is 0.408 e. The van der Waals surface area contributed by atoms with Crippen molar-refractivity contribution in [2.75, 3.05) is 4.61 Å². The monoisotopic (exact) mass is 369 g/mol. The van der Waals surface area contributed by atoms with Gasteiger partial charge in [0.1, 0.15) is 16.3 Å². The molecule has 1 N–H and O–H groups in total. The molecule has 0 saturated carbocycles. The van der Waals surface area contributed by atoms with Gasteiger partial charge in [0.2, 0.25) is 0 Å². The molecule has 0 aromatic rings. The van der Waals surface area contributed by atoms with Crippen molar-refractivity contribution in [3.8, 4) is 0 Å². The summed E-state index contributed by atoms with van der Waals surface area (Å²) in [6.07, 6.45) is 0.980. The number of rotatable bonds is 4. The van der Waals surface area contributed by atoms with Crippen LogP contribution in [0.3, 0.4) is 0 Å².